The van der Waals surface area contributed by atoms with E-state index >= 15 is 0 Å². The van der Waals surface area contributed by atoms with E-state index < -0.39 is 0 Å². The van der Waals surface area contributed by atoms with Gasteiger partial charge in [-0.05, 0) is 90.1 Å². The van der Waals surface area contributed by atoms with Gasteiger partial charge < -0.3 is 14.8 Å². The maximum atomic E-state index is 6.89. The number of hydrogen-bond acceptors (Lipinski definition) is 4. The first-order valence-corrected chi connectivity index (χ1v) is 12.5. The van der Waals surface area contributed by atoms with E-state index in [9.17, 15) is 0 Å². The highest BCUT2D eigenvalue weighted by atomic mass is 35.5. The second kappa shape index (κ2) is 9.43. The van der Waals surface area contributed by atoms with Gasteiger partial charge in [0.15, 0.2) is 0 Å². The molecule has 0 unspecified atom stereocenters. The molecule has 4 nitrogen and oxygen atoms in total. The summed E-state index contributed by atoms with van der Waals surface area (Å²) in [6, 6.07) is 12.2. The van der Waals surface area contributed by atoms with E-state index in [0.29, 0.717) is 0 Å². The van der Waals surface area contributed by atoms with Crippen molar-refractivity contribution in [3.63, 3.8) is 0 Å². The molecule has 0 radical (unpaired) electrons. The Bertz CT molecular complexity index is 1330. The van der Waals surface area contributed by atoms with Crippen molar-refractivity contribution in [3.05, 3.63) is 93.7 Å². The van der Waals surface area contributed by atoms with Gasteiger partial charge in [-0.2, -0.15) is 0 Å². The van der Waals surface area contributed by atoms with E-state index in [4.69, 9.17) is 26.1 Å². The predicted molar refractivity (Wildman–Crippen MR) is 145 cm³/mol. The van der Waals surface area contributed by atoms with Crippen molar-refractivity contribution >= 4 is 28.7 Å². The lowest BCUT2D eigenvalue weighted by Gasteiger charge is -2.21. The molecule has 0 saturated heterocycles. The molecule has 2 heterocycles. The zero-order chi connectivity index (χ0) is 24.6. The van der Waals surface area contributed by atoms with Crippen molar-refractivity contribution in [2.24, 2.45) is 4.99 Å². The Morgan fingerprint density at radius 1 is 0.971 bits per heavy atom. The molecule has 35 heavy (non-hydrogen) atoms. The van der Waals surface area contributed by atoms with Crippen LogP contribution in [0.15, 0.2) is 87.6 Å². The zero-order valence-corrected chi connectivity index (χ0v) is 21.5. The smallest absolute Gasteiger partial charge is 0.119 e. The molecule has 1 aliphatic carbocycles. The van der Waals surface area contributed by atoms with Gasteiger partial charge in [0, 0.05) is 28.3 Å². The number of allylic oxidation sites excluding steroid dienone is 8. The number of nitrogens with zero attached hydrogens (tertiary/aromatic N) is 1. The molecule has 2 aromatic carbocycles. The van der Waals surface area contributed by atoms with Gasteiger partial charge in [-0.3, -0.25) is 4.99 Å². The topological polar surface area (TPSA) is 42.9 Å². The molecule has 5 heteroatoms. The lowest BCUT2D eigenvalue weighted by atomic mass is 9.81. The summed E-state index contributed by atoms with van der Waals surface area (Å²) in [6.07, 6.45) is 12.5. The number of anilines is 1. The fourth-order valence-corrected chi connectivity index (χ4v) is 5.29. The minimum atomic E-state index is -0.184. The van der Waals surface area contributed by atoms with Crippen molar-refractivity contribution < 1.29 is 9.47 Å². The Balaban J connectivity index is 1.34. The van der Waals surface area contributed by atoms with Gasteiger partial charge in [0.1, 0.15) is 11.5 Å². The van der Waals surface area contributed by atoms with Crippen LogP contribution in [-0.4, -0.2) is 19.9 Å². The van der Waals surface area contributed by atoms with Crippen LogP contribution in [0.2, 0.25) is 0 Å². The van der Waals surface area contributed by atoms with Crippen LogP contribution in [0.25, 0.3) is 0 Å². The molecule has 5 rings (SSSR count). The third-order valence-corrected chi connectivity index (χ3v) is 7.62. The highest BCUT2D eigenvalue weighted by Gasteiger charge is 2.34. The number of aliphatic imine (C=N–C) groups is 1. The highest BCUT2D eigenvalue weighted by molar-refractivity contribution is 6.32. The Labute approximate surface area is 212 Å². The second-order valence-corrected chi connectivity index (χ2v) is 10.1. The number of nitrogens with one attached hydrogen (secondary N) is 1. The Kier molecular flexibility index (Phi) is 6.33. The molecule has 0 aromatic heterocycles. The monoisotopic (exact) mass is 486 g/mol. The van der Waals surface area contributed by atoms with Gasteiger partial charge in [-0.1, -0.05) is 37.6 Å². The molecule has 0 fully saturated rings. The molecule has 2 aliphatic heterocycles. The summed E-state index contributed by atoms with van der Waals surface area (Å²) < 4.78 is 10.8. The molecular formula is C30H31ClN2O2. The van der Waals surface area contributed by atoms with Crippen molar-refractivity contribution in [1.29, 1.82) is 0 Å². The maximum Gasteiger partial charge on any atom is 0.119 e. The fraction of sp³-hybridized carbons (Fsp3) is 0.300. The summed E-state index contributed by atoms with van der Waals surface area (Å²) in [5, 5.41) is 4.36. The number of hydrogen-bond donors (Lipinski definition) is 1. The van der Waals surface area contributed by atoms with E-state index in [0.717, 1.165) is 59.3 Å². The number of halogens is 1. The number of fused-ring (bicyclic) bond motifs is 2. The minimum absolute atomic E-state index is 0.184. The van der Waals surface area contributed by atoms with Crippen LogP contribution in [0.5, 0.6) is 11.5 Å². The third kappa shape index (κ3) is 4.55. The summed E-state index contributed by atoms with van der Waals surface area (Å²) in [7, 11) is 3.40. The van der Waals surface area contributed by atoms with Crippen LogP contribution in [0.3, 0.4) is 0 Å². The predicted octanol–water partition coefficient (Wildman–Crippen LogP) is 7.78. The number of methoxy groups -OCH3 is 2. The molecule has 0 bridgehead atoms. The third-order valence-electron chi connectivity index (χ3n) is 7.13. The van der Waals surface area contributed by atoms with Gasteiger partial charge in [0.25, 0.3) is 0 Å². The van der Waals surface area contributed by atoms with Gasteiger partial charge >= 0.3 is 0 Å². The second-order valence-electron chi connectivity index (χ2n) is 9.74. The van der Waals surface area contributed by atoms with Gasteiger partial charge in [-0.25, -0.2) is 0 Å². The van der Waals surface area contributed by atoms with Crippen molar-refractivity contribution in [2.45, 2.75) is 44.9 Å². The quantitative estimate of drug-likeness (QED) is 0.469. The molecule has 0 atom stereocenters. The van der Waals surface area contributed by atoms with Crippen LogP contribution >= 0.6 is 11.6 Å². The van der Waals surface area contributed by atoms with Gasteiger partial charge in [-0.15, -0.1) is 0 Å². The number of ether oxygens (including phenoxy) is 2. The van der Waals surface area contributed by atoms with E-state index in [1.54, 1.807) is 14.2 Å². The largest absolute Gasteiger partial charge is 0.497 e. The normalized spacial score (nSPS) is 20.8. The van der Waals surface area contributed by atoms with Crippen molar-refractivity contribution in [3.8, 4) is 11.5 Å². The number of benzene rings is 2. The first kappa shape index (κ1) is 23.5. The molecule has 1 N–H and O–H groups in total. The average molecular weight is 487 g/mol. The Morgan fingerprint density at radius 2 is 1.74 bits per heavy atom. The zero-order valence-electron chi connectivity index (χ0n) is 20.7. The molecule has 3 aliphatic rings. The van der Waals surface area contributed by atoms with E-state index in [-0.39, 0.29) is 5.41 Å². The summed E-state index contributed by atoms with van der Waals surface area (Å²) in [5.74, 6) is 1.75. The standard InChI is InChI=1S/C30H31ClN2O2/c1-30(2)25-18-24(35-4)12-14-27(25)33-28(30)15-9-20-7-5-6-19(29(20)31)8-10-22-16-21-17-23(34-3)11-13-26(21)32-22/h8-15,17-18,32H,5-7,16H2,1-4H3/b15-9+,19-8-,22-10-. The molecule has 180 valence electrons. The molecule has 0 saturated carbocycles. The lowest BCUT2D eigenvalue weighted by Crippen LogP contribution is -2.23. The maximum absolute atomic E-state index is 6.89. The fourth-order valence-electron chi connectivity index (χ4n) is 4.97. The van der Waals surface area contributed by atoms with E-state index in [1.807, 2.05) is 18.2 Å². The average Bonchev–Trinajstić information content (AvgIpc) is 3.39. The van der Waals surface area contributed by atoms with Crippen LogP contribution in [-0.2, 0) is 11.8 Å². The van der Waals surface area contributed by atoms with E-state index in [1.165, 1.54) is 28.0 Å². The van der Waals surface area contributed by atoms with Gasteiger partial charge in [0.05, 0.1) is 25.6 Å². The van der Waals surface area contributed by atoms with Crippen LogP contribution < -0.4 is 14.8 Å². The molecule has 0 amide bonds. The van der Waals surface area contributed by atoms with Crippen LogP contribution in [0, 0.1) is 0 Å². The highest BCUT2D eigenvalue weighted by Crippen LogP contribution is 2.42. The summed E-state index contributed by atoms with van der Waals surface area (Å²) in [6.45, 7) is 4.41. The SMILES string of the molecule is COc1ccc2c(c1)C/C(=C/C=C1/CCCC(/C=C/C3=Nc4ccc(OC)cc4C3(C)C)=C1Cl)N2. The van der Waals surface area contributed by atoms with Crippen LogP contribution in [0.1, 0.15) is 44.2 Å². The van der Waals surface area contributed by atoms with Crippen molar-refractivity contribution in [2.75, 3.05) is 19.5 Å². The summed E-state index contributed by atoms with van der Waals surface area (Å²) in [4.78, 5) is 4.90. The molecular weight excluding hydrogens is 456 g/mol. The minimum Gasteiger partial charge on any atom is -0.497 e. The lowest BCUT2D eigenvalue weighted by molar-refractivity contribution is 0.414. The van der Waals surface area contributed by atoms with E-state index in [2.05, 4.69) is 61.7 Å². The first-order valence-electron chi connectivity index (χ1n) is 12.1. The Morgan fingerprint density at radius 3 is 2.54 bits per heavy atom. The molecule has 0 spiro atoms. The van der Waals surface area contributed by atoms with Crippen LogP contribution in [0.4, 0.5) is 11.4 Å². The summed E-state index contributed by atoms with van der Waals surface area (Å²) >= 11 is 6.89. The Hall–Kier alpha value is -3.24. The number of rotatable bonds is 5. The van der Waals surface area contributed by atoms with Gasteiger partial charge in [0.2, 0.25) is 0 Å². The first-order chi connectivity index (χ1) is 16.9. The molecule has 2 aromatic rings. The summed E-state index contributed by atoms with van der Waals surface area (Å²) in [5.41, 5.74) is 8.97. The van der Waals surface area contributed by atoms with Crippen molar-refractivity contribution in [1.82, 2.24) is 0 Å².